The molecule has 9 heteroatoms. The molecular formula is C27H34N4O5. The number of rotatable bonds is 7. The lowest BCUT2D eigenvalue weighted by atomic mass is 10.1. The Hall–Kier alpha value is -3.72. The van der Waals surface area contributed by atoms with Crippen LogP contribution >= 0.6 is 0 Å². The summed E-state index contributed by atoms with van der Waals surface area (Å²) >= 11 is 0. The van der Waals surface area contributed by atoms with Gasteiger partial charge in [-0.05, 0) is 65.8 Å². The normalized spacial score (nSPS) is 11.9. The maximum Gasteiger partial charge on any atom is 0.340 e. The quantitative estimate of drug-likeness (QED) is 0.478. The van der Waals surface area contributed by atoms with Crippen LogP contribution in [0.5, 0.6) is 0 Å². The summed E-state index contributed by atoms with van der Waals surface area (Å²) in [7, 11) is 0. The van der Waals surface area contributed by atoms with Gasteiger partial charge in [-0.2, -0.15) is 0 Å². The van der Waals surface area contributed by atoms with Crippen molar-refractivity contribution >= 4 is 23.5 Å². The lowest BCUT2D eigenvalue weighted by Crippen LogP contribution is -2.29. The summed E-state index contributed by atoms with van der Waals surface area (Å²) < 4.78 is 12.5. The molecule has 36 heavy (non-hydrogen) atoms. The fraction of sp³-hybridized carbons (Fsp3) is 0.407. The zero-order chi connectivity index (χ0) is 26.7. The number of carbonyl (C=O) groups is 3. The minimum absolute atomic E-state index is 0.0758. The van der Waals surface area contributed by atoms with Crippen molar-refractivity contribution < 1.29 is 23.9 Å². The summed E-state index contributed by atoms with van der Waals surface area (Å²) in [6, 6.07) is 10.4. The van der Waals surface area contributed by atoms with Crippen molar-refractivity contribution in [1.82, 2.24) is 14.7 Å². The number of carbonyl (C=O) groups excluding carboxylic acids is 3. The fourth-order valence-electron chi connectivity index (χ4n) is 3.56. The lowest BCUT2D eigenvalue weighted by molar-refractivity contribution is -0.154. The molecule has 9 nitrogen and oxygen atoms in total. The number of fused-ring (bicyclic) bond motifs is 1. The highest BCUT2D eigenvalue weighted by Gasteiger charge is 2.21. The average Bonchev–Trinajstić information content (AvgIpc) is 3.14. The first-order valence-corrected chi connectivity index (χ1v) is 11.8. The third-order valence-electron chi connectivity index (χ3n) is 4.98. The number of pyridine rings is 1. The van der Waals surface area contributed by atoms with Crippen LogP contribution in [-0.4, -0.2) is 45.0 Å². The van der Waals surface area contributed by atoms with E-state index in [4.69, 9.17) is 15.2 Å². The molecule has 0 aliphatic rings. The van der Waals surface area contributed by atoms with Gasteiger partial charge in [0.15, 0.2) is 0 Å². The molecule has 0 saturated carbocycles. The third kappa shape index (κ3) is 6.91. The van der Waals surface area contributed by atoms with E-state index in [1.165, 1.54) is 0 Å². The van der Waals surface area contributed by atoms with Crippen LogP contribution in [0.3, 0.4) is 0 Å². The van der Waals surface area contributed by atoms with Crippen molar-refractivity contribution in [2.75, 3.05) is 6.54 Å². The van der Waals surface area contributed by atoms with Gasteiger partial charge in [0.25, 0.3) is 5.91 Å². The Labute approximate surface area is 211 Å². The van der Waals surface area contributed by atoms with Crippen LogP contribution in [0, 0.1) is 0 Å². The van der Waals surface area contributed by atoms with Crippen LogP contribution in [0.4, 0.5) is 0 Å². The number of nitrogens with one attached hydrogen (secondary N) is 1. The van der Waals surface area contributed by atoms with Gasteiger partial charge in [0.1, 0.15) is 16.8 Å². The van der Waals surface area contributed by atoms with E-state index in [0.29, 0.717) is 33.7 Å². The first-order valence-electron chi connectivity index (χ1n) is 11.8. The van der Waals surface area contributed by atoms with Gasteiger partial charge in [-0.15, -0.1) is 0 Å². The number of imidazole rings is 1. The highest BCUT2D eigenvalue weighted by Crippen LogP contribution is 2.26. The van der Waals surface area contributed by atoms with Crippen molar-refractivity contribution in [2.24, 2.45) is 5.73 Å². The van der Waals surface area contributed by atoms with Crippen molar-refractivity contribution in [3.05, 3.63) is 59.4 Å². The molecule has 0 spiro atoms. The van der Waals surface area contributed by atoms with Crippen molar-refractivity contribution in [2.45, 2.75) is 65.7 Å². The van der Waals surface area contributed by atoms with Gasteiger partial charge in [0, 0.05) is 30.4 Å². The van der Waals surface area contributed by atoms with E-state index in [2.05, 4.69) is 10.3 Å². The Kier molecular flexibility index (Phi) is 7.83. The maximum absolute atomic E-state index is 12.7. The Morgan fingerprint density at radius 2 is 1.67 bits per heavy atom. The molecule has 0 unspecified atom stereocenters. The molecule has 1 aromatic carbocycles. The number of hydrogen-bond donors (Lipinski definition) is 2. The molecule has 2 heterocycles. The van der Waals surface area contributed by atoms with Gasteiger partial charge in [-0.1, -0.05) is 12.1 Å². The fourth-order valence-corrected chi connectivity index (χ4v) is 3.56. The summed E-state index contributed by atoms with van der Waals surface area (Å²) in [6.07, 6.45) is 1.74. The van der Waals surface area contributed by atoms with Crippen molar-refractivity contribution in [3.8, 4) is 11.3 Å². The number of aromatic nitrogens is 2. The van der Waals surface area contributed by atoms with E-state index in [1.807, 2.05) is 26.8 Å². The number of benzene rings is 1. The van der Waals surface area contributed by atoms with Gasteiger partial charge in [-0.3, -0.25) is 9.59 Å². The second-order valence-corrected chi connectivity index (χ2v) is 10.4. The molecule has 192 valence electrons. The number of nitrogens with two attached hydrogens (primary N) is 1. The maximum atomic E-state index is 12.7. The molecule has 0 radical (unpaired) electrons. The van der Waals surface area contributed by atoms with Crippen LogP contribution in [0.15, 0.2) is 42.6 Å². The predicted molar refractivity (Wildman–Crippen MR) is 136 cm³/mol. The number of ether oxygens (including phenoxy) is 2. The van der Waals surface area contributed by atoms with Crippen molar-refractivity contribution in [1.29, 1.82) is 0 Å². The van der Waals surface area contributed by atoms with E-state index in [-0.39, 0.29) is 31.4 Å². The Bertz CT molecular complexity index is 1280. The average molecular weight is 495 g/mol. The molecule has 0 aliphatic carbocycles. The highest BCUT2D eigenvalue weighted by atomic mass is 16.6. The Morgan fingerprint density at radius 3 is 2.31 bits per heavy atom. The van der Waals surface area contributed by atoms with E-state index in [1.54, 1.807) is 61.7 Å². The highest BCUT2D eigenvalue weighted by molar-refractivity contribution is 5.95. The van der Waals surface area contributed by atoms with E-state index in [9.17, 15) is 14.4 Å². The molecule has 3 N–H and O–H groups in total. The lowest BCUT2D eigenvalue weighted by Gasteiger charge is -2.19. The van der Waals surface area contributed by atoms with Crippen LogP contribution in [0.25, 0.3) is 16.9 Å². The molecule has 3 aromatic rings. The van der Waals surface area contributed by atoms with Crippen molar-refractivity contribution in [3.63, 3.8) is 0 Å². The summed E-state index contributed by atoms with van der Waals surface area (Å²) in [5.74, 6) is -1.13. The minimum atomic E-state index is -0.614. The summed E-state index contributed by atoms with van der Waals surface area (Å²) in [6.45, 7) is 11.1. The standard InChI is InChI=1S/C27H34N4O5/c1-26(2,3)35-22(32)12-13-29-24(33)18-9-7-8-17(14-18)23-20(15-28)31-16-19(10-11-21(31)30-23)25(34)36-27(4,5)6/h7-11,14,16H,12-13,15,28H2,1-6H3,(H,29,33). The molecule has 0 saturated heterocycles. The molecule has 0 bridgehead atoms. The van der Waals surface area contributed by atoms with E-state index >= 15 is 0 Å². The van der Waals surface area contributed by atoms with Gasteiger partial charge in [0.05, 0.1) is 23.4 Å². The first-order chi connectivity index (χ1) is 16.8. The summed E-state index contributed by atoms with van der Waals surface area (Å²) in [5.41, 5.74) is 8.31. The minimum Gasteiger partial charge on any atom is -0.460 e. The third-order valence-corrected chi connectivity index (χ3v) is 4.98. The number of amides is 1. The largest absolute Gasteiger partial charge is 0.460 e. The zero-order valence-corrected chi connectivity index (χ0v) is 21.7. The second-order valence-electron chi connectivity index (χ2n) is 10.4. The van der Waals surface area contributed by atoms with Gasteiger partial charge >= 0.3 is 11.9 Å². The topological polar surface area (TPSA) is 125 Å². The van der Waals surface area contributed by atoms with Gasteiger partial charge in [-0.25, -0.2) is 9.78 Å². The van der Waals surface area contributed by atoms with E-state index < -0.39 is 17.2 Å². The number of nitrogens with zero attached hydrogens (tertiary/aromatic N) is 2. The van der Waals surface area contributed by atoms with Crippen LogP contribution < -0.4 is 11.1 Å². The molecule has 2 aromatic heterocycles. The molecule has 0 atom stereocenters. The molecular weight excluding hydrogens is 460 g/mol. The van der Waals surface area contributed by atoms with Crippen LogP contribution in [0.2, 0.25) is 0 Å². The molecule has 0 fully saturated rings. The Balaban J connectivity index is 1.81. The second kappa shape index (κ2) is 10.5. The Morgan fingerprint density at radius 1 is 0.972 bits per heavy atom. The molecule has 1 amide bonds. The monoisotopic (exact) mass is 494 g/mol. The smallest absolute Gasteiger partial charge is 0.340 e. The number of esters is 2. The molecule has 0 aliphatic heterocycles. The van der Waals surface area contributed by atoms with Crippen LogP contribution in [0.1, 0.15) is 74.4 Å². The summed E-state index contributed by atoms with van der Waals surface area (Å²) in [5, 5.41) is 2.75. The SMILES string of the molecule is CC(C)(C)OC(=O)CCNC(=O)c1cccc(-c2nc3ccc(C(=O)OC(C)(C)C)cn3c2CN)c1. The summed E-state index contributed by atoms with van der Waals surface area (Å²) in [4.78, 5) is 41.8. The predicted octanol–water partition coefficient (Wildman–Crippen LogP) is 3.88. The van der Waals surface area contributed by atoms with E-state index in [0.717, 1.165) is 0 Å². The van der Waals surface area contributed by atoms with Gasteiger partial charge in [0.2, 0.25) is 0 Å². The number of hydrogen-bond acceptors (Lipinski definition) is 7. The van der Waals surface area contributed by atoms with Gasteiger partial charge < -0.3 is 24.9 Å². The zero-order valence-electron chi connectivity index (χ0n) is 21.7. The van der Waals surface area contributed by atoms with Crippen LogP contribution in [-0.2, 0) is 20.8 Å². The first kappa shape index (κ1) is 26.9. The molecule has 3 rings (SSSR count).